The van der Waals surface area contributed by atoms with Crippen molar-refractivity contribution in [2.75, 3.05) is 12.4 Å². The highest BCUT2D eigenvalue weighted by atomic mass is 19.4. The SMILES string of the molecule is COc1cnc(-c2ccccc2C(C)C)nc1NCc1ccc(-c2nc(C(F)(F)F)cn2C)cc1. The summed E-state index contributed by atoms with van der Waals surface area (Å²) in [7, 11) is 3.10. The summed E-state index contributed by atoms with van der Waals surface area (Å²) in [6, 6.07) is 15.2. The maximum Gasteiger partial charge on any atom is 0.434 e. The van der Waals surface area contributed by atoms with Crippen LogP contribution in [0.3, 0.4) is 0 Å². The number of benzene rings is 2. The van der Waals surface area contributed by atoms with Gasteiger partial charge in [0.25, 0.3) is 0 Å². The lowest BCUT2D eigenvalue weighted by Crippen LogP contribution is -2.06. The van der Waals surface area contributed by atoms with E-state index in [1.807, 2.05) is 30.3 Å². The Bertz CT molecular complexity index is 1310. The van der Waals surface area contributed by atoms with Gasteiger partial charge in [0.1, 0.15) is 5.82 Å². The Morgan fingerprint density at radius 3 is 2.37 bits per heavy atom. The van der Waals surface area contributed by atoms with Gasteiger partial charge < -0.3 is 14.6 Å². The average Bonchev–Trinajstić information content (AvgIpc) is 3.25. The molecule has 0 aliphatic heterocycles. The third-order valence-corrected chi connectivity index (χ3v) is 5.64. The van der Waals surface area contributed by atoms with E-state index in [9.17, 15) is 13.2 Å². The highest BCUT2D eigenvalue weighted by Crippen LogP contribution is 2.32. The minimum Gasteiger partial charge on any atom is -0.491 e. The third-order valence-electron chi connectivity index (χ3n) is 5.64. The standard InChI is InChI=1S/C26H26F3N5O/c1-16(2)19-7-5-6-8-20(19)23-31-14-21(35-4)24(33-23)30-13-17-9-11-18(12-10-17)25-32-22(15-34(25)3)26(27,28)29/h5-12,14-16H,13H2,1-4H3,(H,30,31,33). The molecule has 2 aromatic carbocycles. The van der Waals surface area contributed by atoms with Gasteiger partial charge in [-0.25, -0.2) is 15.0 Å². The zero-order valence-corrected chi connectivity index (χ0v) is 19.9. The molecule has 4 rings (SSSR count). The number of methoxy groups -OCH3 is 1. The number of nitrogens with one attached hydrogen (secondary N) is 1. The smallest absolute Gasteiger partial charge is 0.434 e. The molecular weight excluding hydrogens is 455 g/mol. The Morgan fingerprint density at radius 2 is 1.74 bits per heavy atom. The monoisotopic (exact) mass is 481 g/mol. The molecule has 0 atom stereocenters. The number of imidazole rings is 1. The normalized spacial score (nSPS) is 11.7. The predicted molar refractivity (Wildman–Crippen MR) is 129 cm³/mol. The molecule has 4 aromatic rings. The number of halogens is 3. The molecular formula is C26H26F3N5O. The molecule has 2 heterocycles. The van der Waals surface area contributed by atoms with E-state index in [2.05, 4.69) is 35.2 Å². The van der Waals surface area contributed by atoms with Crippen molar-refractivity contribution in [1.82, 2.24) is 19.5 Å². The lowest BCUT2D eigenvalue weighted by molar-refractivity contribution is -0.140. The first-order valence-corrected chi connectivity index (χ1v) is 11.1. The molecule has 0 saturated heterocycles. The van der Waals surface area contributed by atoms with Crippen LogP contribution in [0.1, 0.15) is 36.6 Å². The van der Waals surface area contributed by atoms with Gasteiger partial charge in [-0.15, -0.1) is 0 Å². The van der Waals surface area contributed by atoms with Gasteiger partial charge in [-0.3, -0.25) is 0 Å². The van der Waals surface area contributed by atoms with Gasteiger partial charge in [-0.1, -0.05) is 62.4 Å². The van der Waals surface area contributed by atoms with Gasteiger partial charge in [-0.2, -0.15) is 13.2 Å². The summed E-state index contributed by atoms with van der Waals surface area (Å²) < 4.78 is 45.7. The molecule has 0 aliphatic carbocycles. The largest absolute Gasteiger partial charge is 0.491 e. The molecule has 1 N–H and O–H groups in total. The van der Waals surface area contributed by atoms with Crippen LogP contribution < -0.4 is 10.1 Å². The number of hydrogen-bond acceptors (Lipinski definition) is 5. The Hall–Kier alpha value is -3.88. The van der Waals surface area contributed by atoms with Crippen molar-refractivity contribution in [2.45, 2.75) is 32.5 Å². The van der Waals surface area contributed by atoms with Crippen molar-refractivity contribution in [3.8, 4) is 28.5 Å². The highest BCUT2D eigenvalue weighted by molar-refractivity contribution is 5.64. The van der Waals surface area contributed by atoms with E-state index in [1.165, 1.54) is 4.57 Å². The van der Waals surface area contributed by atoms with Crippen LogP contribution in [0, 0.1) is 0 Å². The van der Waals surface area contributed by atoms with E-state index in [-0.39, 0.29) is 5.82 Å². The van der Waals surface area contributed by atoms with Crippen molar-refractivity contribution in [1.29, 1.82) is 0 Å². The fourth-order valence-electron chi connectivity index (χ4n) is 3.81. The molecule has 9 heteroatoms. The lowest BCUT2D eigenvalue weighted by Gasteiger charge is -2.14. The van der Waals surface area contributed by atoms with Crippen molar-refractivity contribution in [3.63, 3.8) is 0 Å². The average molecular weight is 482 g/mol. The Kier molecular flexibility index (Phi) is 6.77. The molecule has 2 aromatic heterocycles. The summed E-state index contributed by atoms with van der Waals surface area (Å²) >= 11 is 0. The van der Waals surface area contributed by atoms with Crippen LogP contribution in [0.25, 0.3) is 22.8 Å². The van der Waals surface area contributed by atoms with Crippen LogP contribution in [-0.2, 0) is 19.8 Å². The molecule has 0 aliphatic rings. The van der Waals surface area contributed by atoms with Crippen LogP contribution in [0.5, 0.6) is 5.75 Å². The van der Waals surface area contributed by atoms with E-state index >= 15 is 0 Å². The number of rotatable bonds is 7. The zero-order valence-electron chi connectivity index (χ0n) is 19.9. The minimum atomic E-state index is -4.48. The summed E-state index contributed by atoms with van der Waals surface area (Å²) in [4.78, 5) is 12.9. The van der Waals surface area contributed by atoms with Crippen molar-refractivity contribution in [2.24, 2.45) is 7.05 Å². The van der Waals surface area contributed by atoms with Crippen LogP contribution in [0.4, 0.5) is 19.0 Å². The van der Waals surface area contributed by atoms with E-state index in [1.54, 1.807) is 32.5 Å². The van der Waals surface area contributed by atoms with Crippen molar-refractivity contribution in [3.05, 3.63) is 77.7 Å². The van der Waals surface area contributed by atoms with Gasteiger partial charge in [0.2, 0.25) is 0 Å². The number of aryl methyl sites for hydroxylation is 1. The second-order valence-electron chi connectivity index (χ2n) is 8.46. The number of anilines is 1. The fourth-order valence-corrected chi connectivity index (χ4v) is 3.81. The molecule has 0 bridgehead atoms. The first-order valence-electron chi connectivity index (χ1n) is 11.1. The van der Waals surface area contributed by atoms with Crippen LogP contribution in [-0.4, -0.2) is 26.6 Å². The van der Waals surface area contributed by atoms with Crippen molar-refractivity contribution < 1.29 is 17.9 Å². The van der Waals surface area contributed by atoms with E-state index in [4.69, 9.17) is 9.72 Å². The molecule has 0 unspecified atom stereocenters. The number of alkyl halides is 3. The summed E-state index contributed by atoms with van der Waals surface area (Å²) in [6.45, 7) is 4.69. The second-order valence-corrected chi connectivity index (χ2v) is 8.46. The van der Waals surface area contributed by atoms with E-state index < -0.39 is 11.9 Å². The van der Waals surface area contributed by atoms with Crippen molar-refractivity contribution >= 4 is 5.82 Å². The third kappa shape index (κ3) is 5.29. The zero-order chi connectivity index (χ0) is 25.2. The predicted octanol–water partition coefficient (Wildman–Crippen LogP) is 6.31. The Labute approximate surface area is 201 Å². The number of ether oxygens (including phenoxy) is 1. The van der Waals surface area contributed by atoms with Gasteiger partial charge >= 0.3 is 6.18 Å². The number of nitrogens with zero attached hydrogens (tertiary/aromatic N) is 4. The van der Waals surface area contributed by atoms with Gasteiger partial charge in [0, 0.05) is 30.9 Å². The van der Waals surface area contributed by atoms with Crippen LogP contribution in [0.2, 0.25) is 0 Å². The lowest BCUT2D eigenvalue weighted by atomic mass is 9.97. The van der Waals surface area contributed by atoms with Crippen LogP contribution in [0.15, 0.2) is 60.9 Å². The van der Waals surface area contributed by atoms with E-state index in [0.717, 1.165) is 22.9 Å². The maximum absolute atomic E-state index is 13.0. The van der Waals surface area contributed by atoms with E-state index in [0.29, 0.717) is 35.4 Å². The second kappa shape index (κ2) is 9.77. The summed E-state index contributed by atoms with van der Waals surface area (Å²) in [5, 5.41) is 3.29. The summed E-state index contributed by atoms with van der Waals surface area (Å²) in [5.74, 6) is 2.24. The fraction of sp³-hybridized carbons (Fsp3) is 0.269. The molecule has 35 heavy (non-hydrogen) atoms. The first-order chi connectivity index (χ1) is 16.7. The molecule has 0 amide bonds. The van der Waals surface area contributed by atoms with Gasteiger partial charge in [0.05, 0.1) is 13.3 Å². The maximum atomic E-state index is 13.0. The first kappa shape index (κ1) is 24.3. The topological polar surface area (TPSA) is 64.9 Å². The molecule has 0 fully saturated rings. The molecule has 0 saturated carbocycles. The number of aromatic nitrogens is 4. The van der Waals surface area contributed by atoms with Gasteiger partial charge in [-0.05, 0) is 17.0 Å². The highest BCUT2D eigenvalue weighted by Gasteiger charge is 2.34. The Balaban J connectivity index is 1.54. The molecule has 0 spiro atoms. The molecule has 6 nitrogen and oxygen atoms in total. The quantitative estimate of drug-likeness (QED) is 0.335. The minimum absolute atomic E-state index is 0.253. The van der Waals surface area contributed by atoms with Gasteiger partial charge in [0.15, 0.2) is 23.1 Å². The molecule has 0 radical (unpaired) electrons. The van der Waals surface area contributed by atoms with Crippen LogP contribution >= 0.6 is 0 Å². The number of hydrogen-bond donors (Lipinski definition) is 1. The summed E-state index contributed by atoms with van der Waals surface area (Å²) in [5.41, 5.74) is 2.72. The Morgan fingerprint density at radius 1 is 1.03 bits per heavy atom. The molecule has 182 valence electrons. The summed E-state index contributed by atoms with van der Waals surface area (Å²) in [6.07, 6.45) is -1.85.